The number of nitrogens with zero attached hydrogens (tertiary/aromatic N) is 2. The summed E-state index contributed by atoms with van der Waals surface area (Å²) in [6, 6.07) is 3.84. The summed E-state index contributed by atoms with van der Waals surface area (Å²) in [6.07, 6.45) is -0.104. The van der Waals surface area contributed by atoms with E-state index in [1.807, 2.05) is 0 Å². The number of benzene rings is 1. The molecule has 0 aromatic heterocycles. The van der Waals surface area contributed by atoms with Crippen molar-refractivity contribution in [3.8, 4) is 0 Å². The molecule has 1 heterocycles. The Morgan fingerprint density at radius 1 is 0.889 bits per heavy atom. The summed E-state index contributed by atoms with van der Waals surface area (Å²) in [5.74, 6) is -4.94. The average Bonchev–Trinajstić information content (AvgIpc) is 2.90. The number of carbonyl (C=O) groups excluding carboxylic acids is 6. The summed E-state index contributed by atoms with van der Waals surface area (Å²) in [4.78, 5) is 79.7. The summed E-state index contributed by atoms with van der Waals surface area (Å²) < 4.78 is 0. The first kappa shape index (κ1) is 19.8. The van der Waals surface area contributed by atoms with Crippen molar-refractivity contribution in [2.75, 3.05) is 0 Å². The van der Waals surface area contributed by atoms with Crippen molar-refractivity contribution in [1.29, 1.82) is 0 Å². The molecule has 10 nitrogen and oxygen atoms in total. The number of aryl methyl sites for hydroxylation is 1. The molecule has 27 heavy (non-hydrogen) atoms. The molecule has 1 fully saturated rings. The van der Waals surface area contributed by atoms with E-state index < -0.39 is 35.6 Å². The molecule has 0 unspecified atom stereocenters. The summed E-state index contributed by atoms with van der Waals surface area (Å²) in [5.41, 5.74) is 0.216. The van der Waals surface area contributed by atoms with Crippen LogP contribution in [0.4, 0.5) is 0 Å². The Morgan fingerprint density at radius 3 is 1.85 bits per heavy atom. The summed E-state index contributed by atoms with van der Waals surface area (Å²) in [5, 5.41) is 0.667. The first-order valence-electron chi connectivity index (χ1n) is 7.83. The summed E-state index contributed by atoms with van der Waals surface area (Å²) in [6.45, 7) is 3.66. The molecule has 1 aromatic carbocycles. The van der Waals surface area contributed by atoms with Crippen molar-refractivity contribution in [2.45, 2.75) is 33.6 Å². The van der Waals surface area contributed by atoms with Crippen LogP contribution in [0.2, 0.25) is 0 Å². The Morgan fingerprint density at radius 2 is 1.37 bits per heavy atom. The van der Waals surface area contributed by atoms with Crippen molar-refractivity contribution in [3.63, 3.8) is 0 Å². The third-order valence-corrected chi connectivity index (χ3v) is 3.47. The number of amides is 4. The van der Waals surface area contributed by atoms with E-state index in [2.05, 4.69) is 0 Å². The molecule has 0 radical (unpaired) electrons. The maximum absolute atomic E-state index is 12.2. The second-order valence-corrected chi connectivity index (χ2v) is 5.76. The minimum atomic E-state index is -1.05. The number of hydroxylamine groups is 4. The van der Waals surface area contributed by atoms with Gasteiger partial charge in [0.15, 0.2) is 0 Å². The molecule has 142 valence electrons. The maximum Gasteiger partial charge on any atom is 0.363 e. The molecule has 0 atom stereocenters. The van der Waals surface area contributed by atoms with E-state index in [0.29, 0.717) is 10.6 Å². The van der Waals surface area contributed by atoms with Gasteiger partial charge in [0.1, 0.15) is 0 Å². The number of rotatable bonds is 3. The van der Waals surface area contributed by atoms with Gasteiger partial charge in [-0.2, -0.15) is 0 Å². The molecule has 0 N–H and O–H groups in total. The molecular weight excluding hydrogens is 360 g/mol. The largest absolute Gasteiger partial charge is 0.363 e. The fourth-order valence-electron chi connectivity index (χ4n) is 2.30. The Labute approximate surface area is 153 Å². The topological polar surface area (TPSA) is 127 Å². The Hall–Kier alpha value is -3.56. The highest BCUT2D eigenvalue weighted by Crippen LogP contribution is 2.17. The second-order valence-electron chi connectivity index (χ2n) is 5.76. The van der Waals surface area contributed by atoms with Crippen LogP contribution in [0.25, 0.3) is 0 Å². The molecule has 0 bridgehead atoms. The van der Waals surface area contributed by atoms with E-state index in [0.717, 1.165) is 19.9 Å². The maximum atomic E-state index is 12.2. The van der Waals surface area contributed by atoms with E-state index in [1.54, 1.807) is 6.92 Å². The zero-order valence-electron chi connectivity index (χ0n) is 14.8. The first-order chi connectivity index (χ1) is 12.6. The van der Waals surface area contributed by atoms with Crippen LogP contribution in [0.5, 0.6) is 0 Å². The molecule has 10 heteroatoms. The lowest BCUT2D eigenvalue weighted by Crippen LogP contribution is -2.35. The lowest BCUT2D eigenvalue weighted by Gasteiger charge is -2.16. The minimum Gasteiger partial charge on any atom is -0.325 e. The van der Waals surface area contributed by atoms with Crippen LogP contribution in [0, 0.1) is 6.92 Å². The number of hydrogen-bond acceptors (Lipinski definition) is 8. The van der Waals surface area contributed by atoms with E-state index in [4.69, 9.17) is 9.68 Å². The van der Waals surface area contributed by atoms with Crippen molar-refractivity contribution in [3.05, 3.63) is 34.9 Å². The van der Waals surface area contributed by atoms with Crippen LogP contribution in [-0.2, 0) is 28.9 Å². The number of carbonyl (C=O) groups is 6. The van der Waals surface area contributed by atoms with Gasteiger partial charge in [0, 0.05) is 26.7 Å². The highest BCUT2D eigenvalue weighted by molar-refractivity contribution is 6.03. The molecule has 1 aliphatic heterocycles. The van der Waals surface area contributed by atoms with E-state index in [1.165, 1.54) is 12.1 Å². The van der Waals surface area contributed by atoms with Gasteiger partial charge in [0.25, 0.3) is 23.6 Å². The highest BCUT2D eigenvalue weighted by atomic mass is 16.7. The molecule has 1 saturated heterocycles. The van der Waals surface area contributed by atoms with Crippen LogP contribution >= 0.6 is 0 Å². The lowest BCUT2D eigenvalue weighted by molar-refractivity contribution is -0.177. The normalized spacial score (nSPS) is 13.4. The van der Waals surface area contributed by atoms with Gasteiger partial charge in [-0.1, -0.05) is 0 Å². The number of imide groups is 2. The molecular formula is C17H16N2O8. The van der Waals surface area contributed by atoms with Gasteiger partial charge in [-0.05, 0) is 30.7 Å². The third kappa shape index (κ3) is 4.54. The predicted octanol–water partition coefficient (Wildman–Crippen LogP) is 0.683. The van der Waals surface area contributed by atoms with Gasteiger partial charge in [-0.25, -0.2) is 9.59 Å². The van der Waals surface area contributed by atoms with Crippen LogP contribution in [0.15, 0.2) is 18.2 Å². The minimum absolute atomic E-state index is 0.0521. The van der Waals surface area contributed by atoms with Crippen molar-refractivity contribution < 1.29 is 38.4 Å². The summed E-state index contributed by atoms with van der Waals surface area (Å²) in [7, 11) is 0. The van der Waals surface area contributed by atoms with Gasteiger partial charge in [0.05, 0.1) is 11.1 Å². The van der Waals surface area contributed by atoms with Crippen molar-refractivity contribution in [2.24, 2.45) is 0 Å². The molecule has 0 aliphatic carbocycles. The van der Waals surface area contributed by atoms with Crippen molar-refractivity contribution in [1.82, 2.24) is 10.1 Å². The highest BCUT2D eigenvalue weighted by Gasteiger charge is 2.33. The quantitative estimate of drug-likeness (QED) is 0.557. The molecule has 4 amide bonds. The van der Waals surface area contributed by atoms with Crippen LogP contribution < -0.4 is 0 Å². The zero-order chi connectivity index (χ0) is 20.3. The van der Waals surface area contributed by atoms with Crippen LogP contribution in [-0.4, -0.2) is 45.7 Å². The SMILES string of the molecule is CC(=O)N(OC(=O)c1cc(C)cc(C(=O)ON2C(=O)CCC2=O)c1)C(C)=O. The van der Waals surface area contributed by atoms with E-state index in [-0.39, 0.29) is 29.0 Å². The molecule has 1 aliphatic rings. The third-order valence-electron chi connectivity index (χ3n) is 3.47. The Balaban J connectivity index is 2.22. The van der Waals surface area contributed by atoms with E-state index in [9.17, 15) is 28.8 Å². The fourth-order valence-corrected chi connectivity index (χ4v) is 2.30. The zero-order valence-corrected chi connectivity index (χ0v) is 14.8. The van der Waals surface area contributed by atoms with Gasteiger partial charge >= 0.3 is 11.9 Å². The molecule has 1 aromatic rings. The standard InChI is InChI=1S/C17H16N2O8/c1-9-6-12(16(24)26-18(10(2)20)11(3)21)8-13(7-9)17(25)27-19-14(22)4-5-15(19)23/h6-8H,4-5H2,1-3H3. The van der Waals surface area contributed by atoms with Gasteiger partial charge in [-0.3, -0.25) is 19.2 Å². The van der Waals surface area contributed by atoms with Crippen LogP contribution in [0.3, 0.4) is 0 Å². The second kappa shape index (κ2) is 7.77. The fraction of sp³-hybridized carbons (Fsp3) is 0.294. The Kier molecular flexibility index (Phi) is 5.69. The van der Waals surface area contributed by atoms with Gasteiger partial charge in [-0.15, -0.1) is 10.1 Å². The van der Waals surface area contributed by atoms with Crippen molar-refractivity contribution >= 4 is 35.6 Å². The first-order valence-corrected chi connectivity index (χ1v) is 7.83. The van der Waals surface area contributed by atoms with E-state index >= 15 is 0 Å². The molecule has 0 spiro atoms. The average molecular weight is 376 g/mol. The lowest BCUT2D eigenvalue weighted by atomic mass is 10.1. The molecule has 2 rings (SSSR count). The summed E-state index contributed by atoms with van der Waals surface area (Å²) >= 11 is 0. The van der Waals surface area contributed by atoms with Gasteiger partial charge < -0.3 is 9.68 Å². The monoisotopic (exact) mass is 376 g/mol. The smallest absolute Gasteiger partial charge is 0.325 e. The number of hydrogen-bond donors (Lipinski definition) is 0. The van der Waals surface area contributed by atoms with Crippen LogP contribution in [0.1, 0.15) is 53.0 Å². The Bertz CT molecular complexity index is 796. The molecule has 0 saturated carbocycles. The van der Waals surface area contributed by atoms with Gasteiger partial charge in [0.2, 0.25) is 0 Å². The predicted molar refractivity (Wildman–Crippen MR) is 86.3 cm³/mol.